The zero-order valence-electron chi connectivity index (χ0n) is 14.6. The maximum absolute atomic E-state index is 5.88. The van der Waals surface area contributed by atoms with Crippen molar-refractivity contribution >= 4 is 5.96 Å². The smallest absolute Gasteiger partial charge is 0.190 e. The molecule has 0 saturated carbocycles. The molecule has 2 aromatic rings. The zero-order valence-corrected chi connectivity index (χ0v) is 14.6. The first-order valence-corrected chi connectivity index (χ1v) is 8.46. The number of hydrogen-bond acceptors (Lipinski definition) is 2. The topological polar surface area (TPSA) is 45.7 Å². The van der Waals surface area contributed by atoms with Crippen LogP contribution in [-0.2, 0) is 12.8 Å². The minimum Gasteiger partial charge on any atom is -0.494 e. The van der Waals surface area contributed by atoms with E-state index in [1.54, 1.807) is 7.05 Å². The van der Waals surface area contributed by atoms with Crippen LogP contribution >= 0.6 is 0 Å². The molecule has 0 fully saturated rings. The van der Waals surface area contributed by atoms with Crippen molar-refractivity contribution in [3.05, 3.63) is 65.7 Å². The first-order chi connectivity index (χ1) is 11.8. The molecule has 4 heteroatoms. The predicted octanol–water partition coefficient (Wildman–Crippen LogP) is 3.04. The van der Waals surface area contributed by atoms with Gasteiger partial charge in [-0.2, -0.15) is 0 Å². The standard InChI is InChI=1S/C20H27N3O/c1-21-20(22-2)23-14-13-18-10-6-12-19(16-18)24-15-7-11-17-8-4-3-5-9-17/h3-6,8-10,12,16H,7,11,13-15H2,1-2H3,(H2,21,22,23). The Kier molecular flexibility index (Phi) is 7.68. The van der Waals surface area contributed by atoms with Crippen LogP contribution in [0.2, 0.25) is 0 Å². The van der Waals surface area contributed by atoms with Crippen molar-refractivity contribution in [1.29, 1.82) is 0 Å². The maximum atomic E-state index is 5.88. The van der Waals surface area contributed by atoms with Crippen LogP contribution < -0.4 is 15.4 Å². The van der Waals surface area contributed by atoms with Gasteiger partial charge in [0.05, 0.1) is 6.61 Å². The minimum atomic E-state index is 0.739. The van der Waals surface area contributed by atoms with Crippen LogP contribution in [0.15, 0.2) is 59.6 Å². The van der Waals surface area contributed by atoms with Crippen molar-refractivity contribution < 1.29 is 4.74 Å². The second-order valence-corrected chi connectivity index (χ2v) is 5.58. The summed E-state index contributed by atoms with van der Waals surface area (Å²) in [5, 5.41) is 6.27. The van der Waals surface area contributed by atoms with Crippen molar-refractivity contribution in [3.8, 4) is 5.75 Å². The van der Waals surface area contributed by atoms with Crippen LogP contribution in [-0.4, -0.2) is 33.2 Å². The van der Waals surface area contributed by atoms with Gasteiger partial charge in [0.15, 0.2) is 5.96 Å². The number of nitrogens with zero attached hydrogens (tertiary/aromatic N) is 1. The normalized spacial score (nSPS) is 11.2. The molecule has 2 rings (SSSR count). The number of aliphatic imine (C=N–C) groups is 1. The Morgan fingerprint density at radius 3 is 2.54 bits per heavy atom. The quantitative estimate of drug-likeness (QED) is 0.445. The van der Waals surface area contributed by atoms with Gasteiger partial charge in [-0.15, -0.1) is 0 Å². The Balaban J connectivity index is 1.72. The third-order valence-corrected chi connectivity index (χ3v) is 3.79. The van der Waals surface area contributed by atoms with Gasteiger partial charge in [-0.3, -0.25) is 4.99 Å². The van der Waals surface area contributed by atoms with Gasteiger partial charge >= 0.3 is 0 Å². The average Bonchev–Trinajstić information content (AvgIpc) is 2.64. The van der Waals surface area contributed by atoms with Gasteiger partial charge < -0.3 is 15.4 Å². The Morgan fingerprint density at radius 1 is 1.00 bits per heavy atom. The number of rotatable bonds is 8. The molecule has 0 aliphatic rings. The minimum absolute atomic E-state index is 0.739. The third kappa shape index (κ3) is 6.32. The molecule has 0 spiro atoms. The summed E-state index contributed by atoms with van der Waals surface area (Å²) in [4.78, 5) is 4.10. The van der Waals surface area contributed by atoms with Gasteiger partial charge in [0.2, 0.25) is 0 Å². The van der Waals surface area contributed by atoms with Crippen molar-refractivity contribution in [2.75, 3.05) is 27.2 Å². The van der Waals surface area contributed by atoms with E-state index in [9.17, 15) is 0 Å². The van der Waals surface area contributed by atoms with Crippen LogP contribution in [0, 0.1) is 0 Å². The Morgan fingerprint density at radius 2 is 1.79 bits per heavy atom. The molecule has 0 amide bonds. The van der Waals surface area contributed by atoms with Gasteiger partial charge in [-0.25, -0.2) is 0 Å². The molecular formula is C20H27N3O. The summed E-state index contributed by atoms with van der Waals surface area (Å²) in [7, 11) is 3.63. The summed E-state index contributed by atoms with van der Waals surface area (Å²) in [5.74, 6) is 1.75. The van der Waals surface area contributed by atoms with E-state index in [-0.39, 0.29) is 0 Å². The summed E-state index contributed by atoms with van der Waals surface area (Å²) in [6.45, 7) is 1.58. The third-order valence-electron chi connectivity index (χ3n) is 3.79. The molecular weight excluding hydrogens is 298 g/mol. The van der Waals surface area contributed by atoms with Gasteiger partial charge in [0.25, 0.3) is 0 Å². The van der Waals surface area contributed by atoms with Gasteiger partial charge in [-0.1, -0.05) is 42.5 Å². The van der Waals surface area contributed by atoms with Gasteiger partial charge in [-0.05, 0) is 42.5 Å². The van der Waals surface area contributed by atoms with Crippen molar-refractivity contribution in [1.82, 2.24) is 10.6 Å². The largest absolute Gasteiger partial charge is 0.494 e. The Bertz CT molecular complexity index is 626. The molecule has 0 aromatic heterocycles. The number of aryl methyl sites for hydroxylation is 1. The monoisotopic (exact) mass is 325 g/mol. The fourth-order valence-electron chi connectivity index (χ4n) is 2.51. The molecule has 0 saturated heterocycles. The highest BCUT2D eigenvalue weighted by molar-refractivity contribution is 5.79. The summed E-state index contributed by atoms with van der Waals surface area (Å²) in [6, 6.07) is 18.8. The van der Waals surface area contributed by atoms with E-state index in [0.29, 0.717) is 0 Å². The molecule has 0 aliphatic carbocycles. The molecule has 0 atom stereocenters. The van der Waals surface area contributed by atoms with E-state index in [1.165, 1.54) is 11.1 Å². The van der Waals surface area contributed by atoms with Crippen LogP contribution in [0.5, 0.6) is 5.75 Å². The van der Waals surface area contributed by atoms with Gasteiger partial charge in [0.1, 0.15) is 5.75 Å². The van der Waals surface area contributed by atoms with E-state index in [4.69, 9.17) is 4.74 Å². The maximum Gasteiger partial charge on any atom is 0.190 e. The molecule has 0 bridgehead atoms. The molecule has 0 heterocycles. The van der Waals surface area contributed by atoms with Crippen LogP contribution in [0.1, 0.15) is 17.5 Å². The molecule has 2 N–H and O–H groups in total. The zero-order chi connectivity index (χ0) is 17.0. The second kappa shape index (κ2) is 10.3. The van der Waals surface area contributed by atoms with E-state index < -0.39 is 0 Å². The number of ether oxygens (including phenoxy) is 1. The summed E-state index contributed by atoms with van der Waals surface area (Å²) < 4.78 is 5.88. The highest BCUT2D eigenvalue weighted by Gasteiger charge is 1.99. The lowest BCUT2D eigenvalue weighted by atomic mass is 10.1. The lowest BCUT2D eigenvalue weighted by molar-refractivity contribution is 0.310. The fourth-order valence-corrected chi connectivity index (χ4v) is 2.51. The van der Waals surface area contributed by atoms with Crippen LogP contribution in [0.3, 0.4) is 0 Å². The number of hydrogen-bond donors (Lipinski definition) is 2. The summed E-state index contributed by atoms with van der Waals surface area (Å²) >= 11 is 0. The first kappa shape index (κ1) is 17.9. The van der Waals surface area contributed by atoms with E-state index in [0.717, 1.165) is 44.1 Å². The van der Waals surface area contributed by atoms with Crippen LogP contribution in [0.4, 0.5) is 0 Å². The Labute approximate surface area is 145 Å². The summed E-state index contributed by atoms with van der Waals surface area (Å²) in [5.41, 5.74) is 2.62. The molecule has 0 radical (unpaired) electrons. The van der Waals surface area contributed by atoms with Crippen LogP contribution in [0.25, 0.3) is 0 Å². The van der Waals surface area contributed by atoms with E-state index in [1.807, 2.05) is 19.2 Å². The lowest BCUT2D eigenvalue weighted by Crippen LogP contribution is -2.35. The predicted molar refractivity (Wildman–Crippen MR) is 101 cm³/mol. The van der Waals surface area contributed by atoms with Crippen molar-refractivity contribution in [2.24, 2.45) is 4.99 Å². The molecule has 24 heavy (non-hydrogen) atoms. The number of guanidine groups is 1. The molecule has 4 nitrogen and oxygen atoms in total. The molecule has 0 aliphatic heterocycles. The number of nitrogens with one attached hydrogen (secondary N) is 2. The average molecular weight is 325 g/mol. The van der Waals surface area contributed by atoms with Gasteiger partial charge in [0, 0.05) is 20.6 Å². The molecule has 128 valence electrons. The number of benzene rings is 2. The van der Waals surface area contributed by atoms with Crippen molar-refractivity contribution in [3.63, 3.8) is 0 Å². The first-order valence-electron chi connectivity index (χ1n) is 8.46. The molecule has 2 aromatic carbocycles. The second-order valence-electron chi connectivity index (χ2n) is 5.58. The highest BCUT2D eigenvalue weighted by atomic mass is 16.5. The molecule has 0 unspecified atom stereocenters. The highest BCUT2D eigenvalue weighted by Crippen LogP contribution is 2.14. The van der Waals surface area contributed by atoms with Crippen molar-refractivity contribution in [2.45, 2.75) is 19.3 Å². The lowest BCUT2D eigenvalue weighted by Gasteiger charge is -2.10. The van der Waals surface area contributed by atoms with E-state index >= 15 is 0 Å². The SMILES string of the molecule is CN=C(NC)NCCc1cccc(OCCCc2ccccc2)c1. The fraction of sp³-hybridized carbons (Fsp3) is 0.350. The summed E-state index contributed by atoms with van der Waals surface area (Å²) in [6.07, 6.45) is 3.00. The Hall–Kier alpha value is -2.49. The van der Waals surface area contributed by atoms with E-state index in [2.05, 4.69) is 58.1 Å².